The highest BCUT2D eigenvalue weighted by Gasteiger charge is 2.10. The Morgan fingerprint density at radius 2 is 2.27 bits per heavy atom. The van der Waals surface area contributed by atoms with Crippen LogP contribution in [0, 0.1) is 0 Å². The van der Waals surface area contributed by atoms with E-state index >= 15 is 0 Å². The second-order valence-electron chi connectivity index (χ2n) is 2.98. The summed E-state index contributed by atoms with van der Waals surface area (Å²) in [5.74, 6) is -0.425. The van der Waals surface area contributed by atoms with Gasteiger partial charge in [-0.3, -0.25) is 14.0 Å². The smallest absolute Gasteiger partial charge is 0.270 e. The van der Waals surface area contributed by atoms with Crippen molar-refractivity contribution in [1.29, 1.82) is 0 Å². The average Bonchev–Trinajstić information content (AvgIpc) is 2.29. The van der Waals surface area contributed by atoms with Gasteiger partial charge in [0.2, 0.25) is 0 Å². The van der Waals surface area contributed by atoms with E-state index in [-0.39, 0.29) is 11.1 Å². The molecule has 15 heavy (non-hydrogen) atoms. The first kappa shape index (κ1) is 9.39. The minimum atomic E-state index is -0.425. The number of nitrogens with zero attached hydrogens (tertiary/aromatic N) is 2. The molecule has 0 spiro atoms. The van der Waals surface area contributed by atoms with Gasteiger partial charge in [0.25, 0.3) is 11.5 Å². The van der Waals surface area contributed by atoms with Crippen LogP contribution >= 0.6 is 0 Å². The van der Waals surface area contributed by atoms with Crippen LogP contribution in [0.5, 0.6) is 0 Å². The fourth-order valence-corrected chi connectivity index (χ4v) is 1.32. The van der Waals surface area contributed by atoms with Crippen molar-refractivity contribution in [3.63, 3.8) is 0 Å². The van der Waals surface area contributed by atoms with Gasteiger partial charge in [-0.15, -0.1) is 0 Å². The maximum absolute atomic E-state index is 11.8. The number of aromatic nitrogens is 2. The Kier molecular flexibility index (Phi) is 2.21. The van der Waals surface area contributed by atoms with E-state index in [0.717, 1.165) is 0 Å². The van der Waals surface area contributed by atoms with E-state index in [0.29, 0.717) is 5.65 Å². The van der Waals surface area contributed by atoms with E-state index in [1.54, 1.807) is 24.4 Å². The Morgan fingerprint density at radius 3 is 3.00 bits per heavy atom. The summed E-state index contributed by atoms with van der Waals surface area (Å²) in [7, 11) is 1.47. The summed E-state index contributed by atoms with van der Waals surface area (Å²) >= 11 is 0. The summed E-state index contributed by atoms with van der Waals surface area (Å²) in [4.78, 5) is 27.1. The normalized spacial score (nSPS) is 10.2. The molecule has 2 aromatic heterocycles. The highest BCUT2D eigenvalue weighted by Crippen LogP contribution is 1.96. The Labute approximate surface area is 85.4 Å². The first-order valence-electron chi connectivity index (χ1n) is 4.42. The van der Waals surface area contributed by atoms with E-state index in [9.17, 15) is 9.59 Å². The number of carbonyl (C=O) groups excluding carboxylic acids is 1. The predicted molar refractivity (Wildman–Crippen MR) is 54.9 cm³/mol. The summed E-state index contributed by atoms with van der Waals surface area (Å²) in [6.07, 6.45) is 2.87. The molecule has 2 aromatic rings. The van der Waals surface area contributed by atoms with E-state index in [1.807, 2.05) is 0 Å². The molecule has 0 saturated heterocycles. The van der Waals surface area contributed by atoms with Gasteiger partial charge in [0.15, 0.2) is 0 Å². The number of fused-ring (bicyclic) bond motifs is 1. The molecule has 2 rings (SSSR count). The Hall–Kier alpha value is -2.17. The molecule has 5 nitrogen and oxygen atoms in total. The van der Waals surface area contributed by atoms with Gasteiger partial charge in [-0.05, 0) is 12.1 Å². The van der Waals surface area contributed by atoms with E-state index in [2.05, 4.69) is 10.3 Å². The Bertz CT molecular complexity index is 574. The zero-order valence-corrected chi connectivity index (χ0v) is 8.10. The molecular formula is C10H9N3O2. The number of carbonyl (C=O) groups is 1. The van der Waals surface area contributed by atoms with E-state index < -0.39 is 5.91 Å². The number of hydrogen-bond acceptors (Lipinski definition) is 3. The number of pyridine rings is 1. The highest BCUT2D eigenvalue weighted by molar-refractivity contribution is 5.93. The molecular weight excluding hydrogens is 194 g/mol. The third kappa shape index (κ3) is 1.48. The second-order valence-corrected chi connectivity index (χ2v) is 2.98. The van der Waals surface area contributed by atoms with Gasteiger partial charge in [-0.1, -0.05) is 6.07 Å². The molecule has 5 heteroatoms. The van der Waals surface area contributed by atoms with E-state index in [4.69, 9.17) is 0 Å². The quantitative estimate of drug-likeness (QED) is 0.712. The van der Waals surface area contributed by atoms with Crippen LogP contribution in [0.2, 0.25) is 0 Å². The standard InChI is InChI=1S/C10H9N3O2/c1-11-9(14)7-6-12-8-4-2-3-5-13(8)10(7)15/h2-6H,1H3,(H,11,14). The van der Waals surface area contributed by atoms with Crippen LogP contribution in [0.25, 0.3) is 5.65 Å². The third-order valence-corrected chi connectivity index (χ3v) is 2.09. The van der Waals surface area contributed by atoms with Gasteiger partial charge in [0, 0.05) is 19.4 Å². The van der Waals surface area contributed by atoms with Crippen molar-refractivity contribution >= 4 is 11.6 Å². The highest BCUT2D eigenvalue weighted by atomic mass is 16.2. The topological polar surface area (TPSA) is 63.5 Å². The molecule has 0 aliphatic rings. The maximum Gasteiger partial charge on any atom is 0.270 e. The molecule has 0 atom stereocenters. The summed E-state index contributed by atoms with van der Waals surface area (Å²) in [6, 6.07) is 5.19. The zero-order valence-electron chi connectivity index (χ0n) is 8.10. The van der Waals surface area contributed by atoms with Crippen molar-refractivity contribution in [2.75, 3.05) is 7.05 Å². The van der Waals surface area contributed by atoms with Crippen LogP contribution in [0.15, 0.2) is 35.4 Å². The van der Waals surface area contributed by atoms with Gasteiger partial charge in [0.1, 0.15) is 11.2 Å². The van der Waals surface area contributed by atoms with Crippen molar-refractivity contribution < 1.29 is 4.79 Å². The zero-order chi connectivity index (χ0) is 10.8. The number of amides is 1. The first-order chi connectivity index (χ1) is 7.24. The van der Waals surface area contributed by atoms with Crippen LogP contribution < -0.4 is 10.9 Å². The monoisotopic (exact) mass is 203 g/mol. The van der Waals surface area contributed by atoms with Crippen molar-refractivity contribution in [2.24, 2.45) is 0 Å². The van der Waals surface area contributed by atoms with Crippen molar-refractivity contribution in [2.45, 2.75) is 0 Å². The van der Waals surface area contributed by atoms with Gasteiger partial charge in [-0.25, -0.2) is 4.98 Å². The lowest BCUT2D eigenvalue weighted by Gasteiger charge is -2.01. The largest absolute Gasteiger partial charge is 0.355 e. The second kappa shape index (κ2) is 3.53. The van der Waals surface area contributed by atoms with Gasteiger partial charge in [-0.2, -0.15) is 0 Å². The maximum atomic E-state index is 11.8. The number of hydrogen-bond donors (Lipinski definition) is 1. The molecule has 76 valence electrons. The molecule has 0 bridgehead atoms. The molecule has 0 fully saturated rings. The molecule has 0 aliphatic carbocycles. The summed E-state index contributed by atoms with van der Waals surface area (Å²) < 4.78 is 1.34. The molecule has 0 unspecified atom stereocenters. The molecule has 1 N–H and O–H groups in total. The lowest BCUT2D eigenvalue weighted by atomic mass is 10.3. The molecule has 0 aromatic carbocycles. The minimum Gasteiger partial charge on any atom is -0.355 e. The molecule has 0 saturated carbocycles. The Morgan fingerprint density at radius 1 is 1.47 bits per heavy atom. The Balaban J connectivity index is 2.76. The van der Waals surface area contributed by atoms with E-state index in [1.165, 1.54) is 17.6 Å². The van der Waals surface area contributed by atoms with Crippen LogP contribution in [0.3, 0.4) is 0 Å². The van der Waals surface area contributed by atoms with Crippen molar-refractivity contribution in [3.8, 4) is 0 Å². The van der Waals surface area contributed by atoms with Gasteiger partial charge in [0.05, 0.1) is 0 Å². The van der Waals surface area contributed by atoms with Gasteiger partial charge >= 0.3 is 0 Å². The minimum absolute atomic E-state index is 0.0428. The molecule has 1 amide bonds. The fourth-order valence-electron chi connectivity index (χ4n) is 1.32. The predicted octanol–water partition coefficient (Wildman–Crippen LogP) is 0.0541. The number of rotatable bonds is 1. The molecule has 0 radical (unpaired) electrons. The number of nitrogens with one attached hydrogen (secondary N) is 1. The van der Waals surface area contributed by atoms with Crippen molar-refractivity contribution in [3.05, 3.63) is 46.5 Å². The third-order valence-electron chi connectivity index (χ3n) is 2.09. The summed E-state index contributed by atoms with van der Waals surface area (Å²) in [5, 5.41) is 2.39. The van der Waals surface area contributed by atoms with Crippen molar-refractivity contribution in [1.82, 2.24) is 14.7 Å². The van der Waals surface area contributed by atoms with Crippen LogP contribution in [0.4, 0.5) is 0 Å². The first-order valence-corrected chi connectivity index (χ1v) is 4.42. The SMILES string of the molecule is CNC(=O)c1cnc2ccccn2c1=O. The lowest BCUT2D eigenvalue weighted by Crippen LogP contribution is -2.29. The van der Waals surface area contributed by atoms with Crippen LogP contribution in [-0.2, 0) is 0 Å². The summed E-state index contributed by atoms with van der Waals surface area (Å²) in [6.45, 7) is 0. The molecule has 0 aliphatic heterocycles. The fraction of sp³-hybridized carbons (Fsp3) is 0.100. The summed E-state index contributed by atoms with van der Waals surface area (Å²) in [5.41, 5.74) is 0.205. The van der Waals surface area contributed by atoms with Crippen LogP contribution in [0.1, 0.15) is 10.4 Å². The van der Waals surface area contributed by atoms with Gasteiger partial charge < -0.3 is 5.32 Å². The van der Waals surface area contributed by atoms with Crippen LogP contribution in [-0.4, -0.2) is 22.3 Å². The average molecular weight is 203 g/mol. The lowest BCUT2D eigenvalue weighted by molar-refractivity contribution is 0.0961. The molecule has 2 heterocycles.